The predicted molar refractivity (Wildman–Crippen MR) is 81.0 cm³/mol. The van der Waals surface area contributed by atoms with Crippen molar-refractivity contribution in [1.82, 2.24) is 0 Å². The normalized spacial score (nSPS) is 21.5. The number of carbonyl (C=O) groups excluding carboxylic acids is 2. The topological polar surface area (TPSA) is 99.6 Å². The van der Waals surface area contributed by atoms with E-state index in [1.807, 2.05) is 0 Å². The van der Waals surface area contributed by atoms with Crippen LogP contribution in [0.1, 0.15) is 50.2 Å². The van der Waals surface area contributed by atoms with Gasteiger partial charge in [-0.25, -0.2) is 0 Å². The maximum atomic E-state index is 12.5. The average Bonchev–Trinajstić information content (AvgIpc) is 3.03. The van der Waals surface area contributed by atoms with Crippen LogP contribution in [0.5, 0.6) is 0 Å². The zero-order valence-electron chi connectivity index (χ0n) is 12.9. The Kier molecular flexibility index (Phi) is 3.37. The zero-order valence-corrected chi connectivity index (χ0v) is 12.9. The van der Waals surface area contributed by atoms with Crippen LogP contribution >= 0.6 is 0 Å². The first-order chi connectivity index (χ1) is 11.6. The highest BCUT2D eigenvalue weighted by atomic mass is 16.6. The molecule has 7 nitrogen and oxygen atoms in total. The van der Waals surface area contributed by atoms with Crippen LogP contribution in [0.4, 0.5) is 5.88 Å². The second kappa shape index (κ2) is 5.43. The van der Waals surface area contributed by atoms with Crippen LogP contribution in [-0.4, -0.2) is 16.5 Å². The molecule has 0 saturated heterocycles. The van der Waals surface area contributed by atoms with E-state index in [1.165, 1.54) is 12.1 Å². The number of ketones is 2. The van der Waals surface area contributed by atoms with E-state index < -0.39 is 16.7 Å². The first-order valence-electron chi connectivity index (χ1n) is 8.00. The molecule has 1 aromatic heterocycles. The van der Waals surface area contributed by atoms with Gasteiger partial charge < -0.3 is 9.15 Å². The molecule has 0 bridgehead atoms. The van der Waals surface area contributed by atoms with E-state index in [1.54, 1.807) is 0 Å². The Hall–Kier alpha value is -2.70. The van der Waals surface area contributed by atoms with Gasteiger partial charge in [-0.3, -0.25) is 19.7 Å². The van der Waals surface area contributed by atoms with Crippen molar-refractivity contribution in [2.75, 3.05) is 0 Å². The summed E-state index contributed by atoms with van der Waals surface area (Å²) in [6.45, 7) is 0. The van der Waals surface area contributed by atoms with Crippen molar-refractivity contribution >= 4 is 17.5 Å². The molecule has 1 aromatic rings. The van der Waals surface area contributed by atoms with Gasteiger partial charge in [-0.1, -0.05) is 0 Å². The fourth-order valence-electron chi connectivity index (χ4n) is 3.70. The summed E-state index contributed by atoms with van der Waals surface area (Å²) in [5.74, 6) is 0.198. The Balaban J connectivity index is 1.88. The van der Waals surface area contributed by atoms with E-state index in [-0.39, 0.29) is 17.3 Å². The van der Waals surface area contributed by atoms with Gasteiger partial charge in [0.25, 0.3) is 0 Å². The minimum Gasteiger partial charge on any atom is -0.465 e. The molecule has 0 fully saturated rings. The Labute approximate surface area is 137 Å². The number of rotatable bonds is 2. The average molecular weight is 329 g/mol. The highest BCUT2D eigenvalue weighted by Gasteiger charge is 2.43. The molecule has 124 valence electrons. The van der Waals surface area contributed by atoms with Crippen LogP contribution < -0.4 is 0 Å². The molecule has 0 unspecified atom stereocenters. The summed E-state index contributed by atoms with van der Waals surface area (Å²) in [7, 11) is 0. The first-order valence-corrected chi connectivity index (χ1v) is 8.00. The molecule has 7 heteroatoms. The smallest absolute Gasteiger partial charge is 0.433 e. The van der Waals surface area contributed by atoms with Gasteiger partial charge in [-0.05, 0) is 18.9 Å². The van der Waals surface area contributed by atoms with Crippen LogP contribution in [0.25, 0.3) is 0 Å². The monoisotopic (exact) mass is 329 g/mol. The summed E-state index contributed by atoms with van der Waals surface area (Å²) in [6, 6.07) is 2.74. The summed E-state index contributed by atoms with van der Waals surface area (Å²) >= 11 is 0. The number of nitrogens with zero attached hydrogens (tertiary/aromatic N) is 1. The lowest BCUT2D eigenvalue weighted by Crippen LogP contribution is -2.30. The van der Waals surface area contributed by atoms with E-state index in [0.29, 0.717) is 61.2 Å². The van der Waals surface area contributed by atoms with Crippen LogP contribution in [0, 0.1) is 10.1 Å². The van der Waals surface area contributed by atoms with Crippen LogP contribution in [0.3, 0.4) is 0 Å². The second-order valence-corrected chi connectivity index (χ2v) is 6.20. The Morgan fingerprint density at radius 1 is 0.958 bits per heavy atom. The standard InChI is InChI=1S/C17H15NO6/c19-9-3-1-5-11-15(9)17(13-7-8-14(24-13)18(21)22)16-10(20)4-2-6-12(16)23-11/h7-8,17H,1-6H2. The molecular weight excluding hydrogens is 314 g/mol. The maximum Gasteiger partial charge on any atom is 0.433 e. The number of carbonyl (C=O) groups is 2. The molecule has 4 rings (SSSR count). The molecule has 24 heavy (non-hydrogen) atoms. The van der Waals surface area contributed by atoms with Gasteiger partial charge in [0.2, 0.25) is 0 Å². The third-order valence-electron chi connectivity index (χ3n) is 4.72. The number of ether oxygens (including phenoxy) is 1. The number of hydrogen-bond acceptors (Lipinski definition) is 6. The van der Waals surface area contributed by atoms with Gasteiger partial charge >= 0.3 is 5.88 Å². The lowest BCUT2D eigenvalue weighted by Gasteiger charge is -2.34. The molecule has 0 saturated carbocycles. The minimum absolute atomic E-state index is 0.0785. The molecule has 0 N–H and O–H groups in total. The van der Waals surface area contributed by atoms with Crippen molar-refractivity contribution in [3.63, 3.8) is 0 Å². The molecule has 0 aromatic carbocycles. The molecule has 2 aliphatic carbocycles. The van der Waals surface area contributed by atoms with E-state index in [4.69, 9.17) is 9.15 Å². The van der Waals surface area contributed by atoms with Gasteiger partial charge in [0, 0.05) is 36.8 Å². The lowest BCUT2D eigenvalue weighted by atomic mass is 9.75. The van der Waals surface area contributed by atoms with Gasteiger partial charge in [0.15, 0.2) is 11.6 Å². The number of Topliss-reactive ketones (excluding diaryl/α,β-unsaturated/α-hetero) is 2. The van der Waals surface area contributed by atoms with Gasteiger partial charge in [0.1, 0.15) is 22.2 Å². The van der Waals surface area contributed by atoms with E-state index in [9.17, 15) is 19.7 Å². The summed E-state index contributed by atoms with van der Waals surface area (Å²) in [5.41, 5.74) is 0.860. The van der Waals surface area contributed by atoms with Crippen molar-refractivity contribution in [3.8, 4) is 0 Å². The Morgan fingerprint density at radius 2 is 1.54 bits per heavy atom. The van der Waals surface area contributed by atoms with Crippen molar-refractivity contribution in [3.05, 3.63) is 50.7 Å². The highest BCUT2D eigenvalue weighted by molar-refractivity contribution is 6.05. The summed E-state index contributed by atoms with van der Waals surface area (Å²) < 4.78 is 11.2. The SMILES string of the molecule is O=C1CCCC2=C1C(c1ccc([N+](=O)[O-])o1)C1=C(CCCC1=O)O2. The molecule has 0 amide bonds. The fraction of sp³-hybridized carbons (Fsp3) is 0.412. The Bertz CT molecular complexity index is 786. The predicted octanol–water partition coefficient (Wildman–Crippen LogP) is 3.32. The van der Waals surface area contributed by atoms with E-state index in [0.717, 1.165) is 0 Å². The fourth-order valence-corrected chi connectivity index (χ4v) is 3.70. The van der Waals surface area contributed by atoms with Crippen molar-refractivity contribution in [2.45, 2.75) is 44.4 Å². The molecular formula is C17H15NO6. The molecule has 3 aliphatic rings. The Morgan fingerprint density at radius 3 is 2.04 bits per heavy atom. The summed E-state index contributed by atoms with van der Waals surface area (Å²) in [6.07, 6.45) is 3.45. The van der Waals surface area contributed by atoms with Crippen LogP contribution in [0.15, 0.2) is 39.2 Å². The lowest BCUT2D eigenvalue weighted by molar-refractivity contribution is -0.402. The van der Waals surface area contributed by atoms with Gasteiger partial charge in [-0.2, -0.15) is 0 Å². The first kappa shape index (κ1) is 14.9. The van der Waals surface area contributed by atoms with E-state index >= 15 is 0 Å². The number of hydrogen-bond donors (Lipinski definition) is 0. The largest absolute Gasteiger partial charge is 0.465 e. The van der Waals surface area contributed by atoms with E-state index in [2.05, 4.69) is 0 Å². The molecule has 0 spiro atoms. The van der Waals surface area contributed by atoms with Crippen LogP contribution in [0.2, 0.25) is 0 Å². The van der Waals surface area contributed by atoms with Gasteiger partial charge in [0.05, 0.1) is 12.0 Å². The number of nitro groups is 1. The number of allylic oxidation sites excluding steroid dienone is 4. The molecule has 0 atom stereocenters. The third kappa shape index (κ3) is 2.19. The van der Waals surface area contributed by atoms with Crippen LogP contribution in [-0.2, 0) is 14.3 Å². The second-order valence-electron chi connectivity index (χ2n) is 6.20. The zero-order chi connectivity index (χ0) is 16.8. The molecule has 2 heterocycles. The minimum atomic E-state index is -0.682. The summed E-state index contributed by atoms with van der Waals surface area (Å²) in [5, 5.41) is 10.9. The van der Waals surface area contributed by atoms with Gasteiger partial charge in [-0.15, -0.1) is 0 Å². The molecule has 0 radical (unpaired) electrons. The van der Waals surface area contributed by atoms with Crippen molar-refractivity contribution in [1.29, 1.82) is 0 Å². The number of furan rings is 1. The quantitative estimate of drug-likeness (QED) is 0.609. The maximum absolute atomic E-state index is 12.5. The summed E-state index contributed by atoms with van der Waals surface area (Å²) in [4.78, 5) is 35.3. The molecule has 1 aliphatic heterocycles. The van der Waals surface area contributed by atoms with Crippen molar-refractivity contribution < 1.29 is 23.7 Å². The van der Waals surface area contributed by atoms with Crippen molar-refractivity contribution in [2.24, 2.45) is 0 Å². The highest BCUT2D eigenvalue weighted by Crippen LogP contribution is 2.48. The third-order valence-corrected chi connectivity index (χ3v) is 4.72.